The Morgan fingerprint density at radius 1 is 0.897 bits per heavy atom. The number of rotatable bonds is 5. The molecule has 0 aliphatic heterocycles. The predicted molar refractivity (Wildman–Crippen MR) is 110 cm³/mol. The van der Waals surface area contributed by atoms with Crippen LogP contribution in [0.1, 0.15) is 50.2 Å². The third-order valence-electron chi connectivity index (χ3n) is 6.98. The van der Waals surface area contributed by atoms with Crippen LogP contribution in [0.3, 0.4) is 0 Å². The van der Waals surface area contributed by atoms with Crippen molar-refractivity contribution < 1.29 is 13.6 Å². The summed E-state index contributed by atoms with van der Waals surface area (Å²) in [5, 5.41) is 8.81. The summed E-state index contributed by atoms with van der Waals surface area (Å²) in [6, 6.07) is 11.5. The van der Waals surface area contributed by atoms with Gasteiger partial charge in [0.25, 0.3) is 5.89 Å². The summed E-state index contributed by atoms with van der Waals surface area (Å²) in [6.07, 6.45) is 7.85. The van der Waals surface area contributed by atoms with Gasteiger partial charge in [0, 0.05) is 9.89 Å². The van der Waals surface area contributed by atoms with E-state index < -0.39 is 0 Å². The number of hydrogen-bond donors (Lipinski definition) is 0. The largest absolute Gasteiger partial charge is 0.486 e. The second-order valence-electron chi connectivity index (χ2n) is 9.12. The van der Waals surface area contributed by atoms with Crippen molar-refractivity contribution in [2.45, 2.75) is 50.5 Å². The van der Waals surface area contributed by atoms with E-state index in [1.54, 1.807) is 0 Å². The lowest BCUT2D eigenvalue weighted by atomic mass is 9.49. The first-order chi connectivity index (χ1) is 14.1. The lowest BCUT2D eigenvalue weighted by Gasteiger charge is -2.55. The van der Waals surface area contributed by atoms with Crippen LogP contribution in [0.4, 0.5) is 0 Å². The number of aromatic nitrogens is 2. The first-order valence-corrected chi connectivity index (χ1v) is 11.3. The summed E-state index contributed by atoms with van der Waals surface area (Å²) in [4.78, 5) is 0. The Bertz CT molecular complexity index is 988. The Hall–Kier alpha value is -2.08. The van der Waals surface area contributed by atoms with E-state index in [4.69, 9.17) is 13.6 Å². The molecule has 4 fully saturated rings. The molecule has 1 aromatic carbocycles. The fourth-order valence-corrected chi connectivity index (χ4v) is 6.43. The van der Waals surface area contributed by atoms with E-state index in [1.165, 1.54) is 38.5 Å². The van der Waals surface area contributed by atoms with Crippen molar-refractivity contribution in [2.24, 2.45) is 17.8 Å². The topological polar surface area (TPSA) is 61.3 Å². The van der Waals surface area contributed by atoms with Crippen LogP contribution in [0.25, 0.3) is 11.7 Å². The molecule has 6 heteroatoms. The number of nitrogens with zero attached hydrogens (tertiary/aromatic N) is 2. The SMILES string of the molecule is Brc1ccc(OCc2ccc(-c3nnc(C45CC6CC(CC(C6)C4)C5)o3)o2)cc1. The molecule has 0 atom stereocenters. The van der Waals surface area contributed by atoms with Gasteiger partial charge in [0.15, 0.2) is 5.76 Å². The highest BCUT2D eigenvalue weighted by atomic mass is 79.9. The molecule has 0 N–H and O–H groups in total. The summed E-state index contributed by atoms with van der Waals surface area (Å²) in [5.41, 5.74) is 0.111. The second-order valence-corrected chi connectivity index (χ2v) is 10.0. The number of ether oxygens (including phenoxy) is 1. The highest BCUT2D eigenvalue weighted by molar-refractivity contribution is 9.10. The van der Waals surface area contributed by atoms with Crippen LogP contribution in [0, 0.1) is 17.8 Å². The minimum Gasteiger partial charge on any atom is -0.486 e. The van der Waals surface area contributed by atoms with Gasteiger partial charge < -0.3 is 13.6 Å². The average molecular weight is 455 g/mol. The first-order valence-electron chi connectivity index (χ1n) is 10.5. The van der Waals surface area contributed by atoms with Gasteiger partial charge in [0.1, 0.15) is 18.1 Å². The fraction of sp³-hybridized carbons (Fsp3) is 0.478. The van der Waals surface area contributed by atoms with Crippen LogP contribution in [0.2, 0.25) is 0 Å². The van der Waals surface area contributed by atoms with Gasteiger partial charge in [-0.05, 0) is 92.7 Å². The first kappa shape index (κ1) is 17.8. The molecule has 0 spiro atoms. The van der Waals surface area contributed by atoms with Gasteiger partial charge in [-0.1, -0.05) is 15.9 Å². The zero-order chi connectivity index (χ0) is 19.4. The minimum atomic E-state index is 0.111. The van der Waals surface area contributed by atoms with Gasteiger partial charge in [0.2, 0.25) is 5.89 Å². The van der Waals surface area contributed by atoms with Crippen LogP contribution in [0.15, 0.2) is 49.7 Å². The number of hydrogen-bond acceptors (Lipinski definition) is 5. The third kappa shape index (κ3) is 3.21. The Morgan fingerprint density at radius 2 is 1.59 bits per heavy atom. The molecule has 7 rings (SSSR count). The smallest absolute Gasteiger partial charge is 0.283 e. The number of furan rings is 1. The van der Waals surface area contributed by atoms with Crippen LogP contribution >= 0.6 is 15.9 Å². The van der Waals surface area contributed by atoms with Gasteiger partial charge in [0.05, 0.1) is 0 Å². The Balaban J connectivity index is 1.18. The molecular weight excluding hydrogens is 432 g/mol. The molecule has 4 aliphatic rings. The van der Waals surface area contributed by atoms with Crippen LogP contribution < -0.4 is 4.74 Å². The Morgan fingerprint density at radius 3 is 2.28 bits per heavy atom. The van der Waals surface area contributed by atoms with Gasteiger partial charge in [-0.15, -0.1) is 10.2 Å². The normalized spacial score (nSPS) is 30.0. The van der Waals surface area contributed by atoms with E-state index in [1.807, 2.05) is 36.4 Å². The fourth-order valence-electron chi connectivity index (χ4n) is 6.17. The number of benzene rings is 1. The molecule has 29 heavy (non-hydrogen) atoms. The molecule has 0 radical (unpaired) electrons. The standard InChI is InChI=1S/C23H23BrN2O3/c24-17-1-3-18(4-2-17)27-13-19-5-6-20(28-19)21-25-26-22(29-21)23-10-14-7-15(11-23)9-16(8-14)12-23/h1-6,14-16H,7-13H2. The van der Waals surface area contributed by atoms with Crippen molar-refractivity contribution in [3.8, 4) is 17.4 Å². The zero-order valence-corrected chi connectivity index (χ0v) is 17.7. The van der Waals surface area contributed by atoms with Crippen molar-refractivity contribution in [3.05, 3.63) is 52.5 Å². The summed E-state index contributed by atoms with van der Waals surface area (Å²) in [5.74, 6) is 6.00. The van der Waals surface area contributed by atoms with Gasteiger partial charge in [-0.3, -0.25) is 0 Å². The summed E-state index contributed by atoms with van der Waals surface area (Å²) in [7, 11) is 0. The number of halogens is 1. The highest BCUT2D eigenvalue weighted by Gasteiger charge is 2.54. The van der Waals surface area contributed by atoms with Crippen molar-refractivity contribution in [1.29, 1.82) is 0 Å². The summed E-state index contributed by atoms with van der Waals surface area (Å²) in [6.45, 7) is 0.359. The maximum absolute atomic E-state index is 6.18. The summed E-state index contributed by atoms with van der Waals surface area (Å²) >= 11 is 3.43. The van der Waals surface area contributed by atoms with E-state index in [9.17, 15) is 0 Å². The highest BCUT2D eigenvalue weighted by Crippen LogP contribution is 2.60. The minimum absolute atomic E-state index is 0.111. The molecule has 4 saturated carbocycles. The monoisotopic (exact) mass is 454 g/mol. The molecule has 5 nitrogen and oxygen atoms in total. The molecule has 3 aromatic rings. The zero-order valence-electron chi connectivity index (χ0n) is 16.1. The van der Waals surface area contributed by atoms with E-state index in [2.05, 4.69) is 26.1 Å². The molecular formula is C23H23BrN2O3. The predicted octanol–water partition coefficient (Wildman–Crippen LogP) is 6.14. The van der Waals surface area contributed by atoms with Gasteiger partial charge in [-0.25, -0.2) is 0 Å². The van der Waals surface area contributed by atoms with Crippen LogP contribution in [-0.4, -0.2) is 10.2 Å². The molecule has 150 valence electrons. The third-order valence-corrected chi connectivity index (χ3v) is 7.51. The van der Waals surface area contributed by atoms with Crippen LogP contribution in [0.5, 0.6) is 5.75 Å². The quantitative estimate of drug-likeness (QED) is 0.463. The molecule has 2 aromatic heterocycles. The van der Waals surface area contributed by atoms with E-state index in [-0.39, 0.29) is 5.41 Å². The lowest BCUT2D eigenvalue weighted by Crippen LogP contribution is -2.48. The van der Waals surface area contributed by atoms with Gasteiger partial charge in [-0.2, -0.15) is 0 Å². The molecule has 2 heterocycles. The maximum Gasteiger partial charge on any atom is 0.283 e. The second kappa shape index (κ2) is 6.73. The van der Waals surface area contributed by atoms with E-state index in [0.717, 1.165) is 39.6 Å². The van der Waals surface area contributed by atoms with Crippen molar-refractivity contribution in [3.63, 3.8) is 0 Å². The average Bonchev–Trinajstić information content (AvgIpc) is 3.36. The van der Waals surface area contributed by atoms with Crippen LogP contribution in [-0.2, 0) is 12.0 Å². The van der Waals surface area contributed by atoms with Crippen molar-refractivity contribution in [2.75, 3.05) is 0 Å². The van der Waals surface area contributed by atoms with Crippen molar-refractivity contribution in [1.82, 2.24) is 10.2 Å². The molecule has 4 bridgehead atoms. The molecule has 0 amide bonds. The van der Waals surface area contributed by atoms with E-state index >= 15 is 0 Å². The molecule has 0 saturated heterocycles. The molecule has 0 unspecified atom stereocenters. The van der Waals surface area contributed by atoms with E-state index in [0.29, 0.717) is 18.3 Å². The Kier molecular flexibility index (Phi) is 4.12. The summed E-state index contributed by atoms with van der Waals surface area (Å²) < 4.78 is 18.9. The lowest BCUT2D eigenvalue weighted by molar-refractivity contribution is -0.0176. The maximum atomic E-state index is 6.18. The van der Waals surface area contributed by atoms with Gasteiger partial charge >= 0.3 is 0 Å². The van der Waals surface area contributed by atoms with Crippen molar-refractivity contribution >= 4 is 15.9 Å². The Labute approximate surface area is 178 Å². The molecule has 4 aliphatic carbocycles.